The van der Waals surface area contributed by atoms with Crippen LogP contribution in [0.3, 0.4) is 0 Å². The molecule has 16 heavy (non-hydrogen) atoms. The Kier molecular flexibility index (Phi) is 3.65. The molecule has 0 spiro atoms. The highest BCUT2D eigenvalue weighted by Crippen LogP contribution is 2.17. The molecule has 3 N–H and O–H groups in total. The molecule has 0 aromatic carbocycles. The van der Waals surface area contributed by atoms with E-state index in [1.807, 2.05) is 20.8 Å². The molecule has 0 radical (unpaired) electrons. The minimum absolute atomic E-state index is 0.0752. The standard InChI is InChI=1S/C10H16N4O2/c1-4-10(2,3)16-8-6-12-7(5-13-8)9(11)14-15/h5-6,15H,4H2,1-3H3,(H2,11,14). The maximum atomic E-state index is 8.45. The van der Waals surface area contributed by atoms with Crippen LogP contribution in [0.5, 0.6) is 5.88 Å². The lowest BCUT2D eigenvalue weighted by Gasteiger charge is -2.23. The first-order chi connectivity index (χ1) is 7.48. The van der Waals surface area contributed by atoms with Gasteiger partial charge >= 0.3 is 0 Å². The van der Waals surface area contributed by atoms with Gasteiger partial charge in [-0.05, 0) is 20.3 Å². The van der Waals surface area contributed by atoms with E-state index in [9.17, 15) is 0 Å². The minimum Gasteiger partial charge on any atom is -0.471 e. The third-order valence-electron chi connectivity index (χ3n) is 2.23. The molecule has 88 valence electrons. The first-order valence-corrected chi connectivity index (χ1v) is 4.97. The van der Waals surface area contributed by atoms with Crippen LogP contribution in [0.1, 0.15) is 32.9 Å². The van der Waals surface area contributed by atoms with Gasteiger partial charge in [-0.1, -0.05) is 12.1 Å². The van der Waals surface area contributed by atoms with Crippen molar-refractivity contribution >= 4 is 5.84 Å². The van der Waals surface area contributed by atoms with Crippen LogP contribution in [-0.4, -0.2) is 26.6 Å². The summed E-state index contributed by atoms with van der Waals surface area (Å²) in [5, 5.41) is 11.3. The van der Waals surface area contributed by atoms with Crippen molar-refractivity contribution < 1.29 is 9.94 Å². The van der Waals surface area contributed by atoms with Crippen LogP contribution in [0.2, 0.25) is 0 Å². The van der Waals surface area contributed by atoms with Crippen molar-refractivity contribution in [1.82, 2.24) is 9.97 Å². The zero-order valence-corrected chi connectivity index (χ0v) is 9.64. The van der Waals surface area contributed by atoms with Gasteiger partial charge in [0.05, 0.1) is 12.4 Å². The number of nitrogens with zero attached hydrogens (tertiary/aromatic N) is 3. The molecule has 0 saturated heterocycles. The van der Waals surface area contributed by atoms with Gasteiger partial charge in [-0.2, -0.15) is 0 Å². The quantitative estimate of drug-likeness (QED) is 0.346. The normalized spacial score (nSPS) is 12.6. The molecule has 0 amide bonds. The van der Waals surface area contributed by atoms with E-state index in [1.165, 1.54) is 12.4 Å². The summed E-state index contributed by atoms with van der Waals surface area (Å²) in [7, 11) is 0. The number of ether oxygens (including phenoxy) is 1. The lowest BCUT2D eigenvalue weighted by Crippen LogP contribution is -2.27. The van der Waals surface area contributed by atoms with Crippen LogP contribution >= 0.6 is 0 Å². The summed E-state index contributed by atoms with van der Waals surface area (Å²) in [6, 6.07) is 0. The Balaban J connectivity index is 2.80. The van der Waals surface area contributed by atoms with Crippen molar-refractivity contribution in [2.24, 2.45) is 10.9 Å². The fraction of sp³-hybridized carbons (Fsp3) is 0.500. The third kappa shape index (κ3) is 3.08. The maximum absolute atomic E-state index is 8.45. The van der Waals surface area contributed by atoms with Crippen molar-refractivity contribution in [2.75, 3.05) is 0 Å². The summed E-state index contributed by atoms with van der Waals surface area (Å²) in [6.07, 6.45) is 3.71. The second-order valence-corrected chi connectivity index (χ2v) is 3.94. The van der Waals surface area contributed by atoms with Gasteiger partial charge in [-0.15, -0.1) is 0 Å². The van der Waals surface area contributed by atoms with Crippen molar-refractivity contribution in [3.8, 4) is 5.88 Å². The van der Waals surface area contributed by atoms with Gasteiger partial charge in [0.1, 0.15) is 11.3 Å². The number of rotatable bonds is 4. The smallest absolute Gasteiger partial charge is 0.232 e. The van der Waals surface area contributed by atoms with Crippen LogP contribution < -0.4 is 10.5 Å². The highest BCUT2D eigenvalue weighted by atomic mass is 16.5. The number of aromatic nitrogens is 2. The molecule has 1 aromatic heterocycles. The molecule has 0 saturated carbocycles. The summed E-state index contributed by atoms with van der Waals surface area (Å²) < 4.78 is 5.60. The van der Waals surface area contributed by atoms with Crippen LogP contribution in [0, 0.1) is 0 Å². The molecule has 0 fully saturated rings. The summed E-state index contributed by atoms with van der Waals surface area (Å²) >= 11 is 0. The van der Waals surface area contributed by atoms with Crippen LogP contribution in [0.4, 0.5) is 0 Å². The zero-order chi connectivity index (χ0) is 12.2. The molecular weight excluding hydrogens is 208 g/mol. The van der Waals surface area contributed by atoms with Gasteiger partial charge in [0.2, 0.25) is 5.88 Å². The molecule has 0 bridgehead atoms. The molecule has 1 heterocycles. The molecule has 0 aliphatic carbocycles. The SMILES string of the molecule is CCC(C)(C)Oc1cnc(C(N)=NO)cn1. The van der Waals surface area contributed by atoms with E-state index in [0.29, 0.717) is 11.6 Å². The van der Waals surface area contributed by atoms with Gasteiger partial charge in [0.15, 0.2) is 5.84 Å². The average Bonchev–Trinajstić information content (AvgIpc) is 2.28. The molecule has 0 aliphatic heterocycles. The second-order valence-electron chi connectivity index (χ2n) is 3.94. The van der Waals surface area contributed by atoms with E-state index < -0.39 is 0 Å². The lowest BCUT2D eigenvalue weighted by atomic mass is 10.1. The summed E-state index contributed by atoms with van der Waals surface area (Å²) in [5.74, 6) is 0.343. The molecule has 0 aliphatic rings. The monoisotopic (exact) mass is 224 g/mol. The van der Waals surface area contributed by atoms with Crippen molar-refractivity contribution in [2.45, 2.75) is 32.8 Å². The Morgan fingerprint density at radius 1 is 1.50 bits per heavy atom. The van der Waals surface area contributed by atoms with Crippen LogP contribution in [-0.2, 0) is 0 Å². The lowest BCUT2D eigenvalue weighted by molar-refractivity contribution is 0.0984. The Labute approximate surface area is 94.2 Å². The van der Waals surface area contributed by atoms with Gasteiger partial charge in [-0.25, -0.2) is 9.97 Å². The average molecular weight is 224 g/mol. The van der Waals surface area contributed by atoms with Gasteiger partial charge in [-0.3, -0.25) is 0 Å². The Bertz CT molecular complexity index is 373. The number of nitrogens with two attached hydrogens (primary N) is 1. The largest absolute Gasteiger partial charge is 0.471 e. The zero-order valence-electron chi connectivity index (χ0n) is 9.64. The topological polar surface area (TPSA) is 93.6 Å². The van der Waals surface area contributed by atoms with E-state index in [4.69, 9.17) is 15.7 Å². The first-order valence-electron chi connectivity index (χ1n) is 4.97. The minimum atomic E-state index is -0.285. The molecule has 1 aromatic rings. The highest BCUT2D eigenvalue weighted by molar-refractivity contribution is 5.94. The van der Waals surface area contributed by atoms with E-state index in [-0.39, 0.29) is 11.4 Å². The van der Waals surface area contributed by atoms with Gasteiger partial charge in [0.25, 0.3) is 0 Å². The fourth-order valence-electron chi connectivity index (χ4n) is 0.908. The Morgan fingerprint density at radius 2 is 2.19 bits per heavy atom. The summed E-state index contributed by atoms with van der Waals surface area (Å²) in [6.45, 7) is 5.95. The van der Waals surface area contributed by atoms with Crippen molar-refractivity contribution in [1.29, 1.82) is 0 Å². The number of amidine groups is 1. The van der Waals surface area contributed by atoms with Crippen LogP contribution in [0.15, 0.2) is 17.5 Å². The summed E-state index contributed by atoms with van der Waals surface area (Å²) in [5.41, 5.74) is 5.38. The molecule has 1 rings (SSSR count). The molecule has 6 nitrogen and oxygen atoms in total. The maximum Gasteiger partial charge on any atom is 0.232 e. The fourth-order valence-corrected chi connectivity index (χ4v) is 0.908. The van der Waals surface area contributed by atoms with E-state index >= 15 is 0 Å². The predicted molar refractivity (Wildman–Crippen MR) is 59.5 cm³/mol. The number of oxime groups is 1. The van der Waals surface area contributed by atoms with E-state index in [2.05, 4.69) is 15.1 Å². The van der Waals surface area contributed by atoms with E-state index in [0.717, 1.165) is 6.42 Å². The molecular formula is C10H16N4O2. The van der Waals surface area contributed by atoms with Gasteiger partial charge < -0.3 is 15.7 Å². The van der Waals surface area contributed by atoms with Crippen molar-refractivity contribution in [3.63, 3.8) is 0 Å². The second kappa shape index (κ2) is 4.78. The Hall–Kier alpha value is -1.85. The summed E-state index contributed by atoms with van der Waals surface area (Å²) in [4.78, 5) is 7.99. The highest BCUT2D eigenvalue weighted by Gasteiger charge is 2.17. The Morgan fingerprint density at radius 3 is 2.62 bits per heavy atom. The number of hydrogen-bond donors (Lipinski definition) is 2. The molecule has 0 unspecified atom stereocenters. The molecule has 6 heteroatoms. The van der Waals surface area contributed by atoms with Crippen molar-refractivity contribution in [3.05, 3.63) is 18.1 Å². The third-order valence-corrected chi connectivity index (χ3v) is 2.23. The number of hydrogen-bond acceptors (Lipinski definition) is 5. The van der Waals surface area contributed by atoms with E-state index in [1.54, 1.807) is 0 Å². The first kappa shape index (κ1) is 12.2. The molecule has 0 atom stereocenters. The van der Waals surface area contributed by atoms with Gasteiger partial charge in [0, 0.05) is 0 Å². The van der Waals surface area contributed by atoms with Crippen LogP contribution in [0.25, 0.3) is 0 Å². The predicted octanol–water partition coefficient (Wildman–Crippen LogP) is 1.14.